The molecule has 3 unspecified atom stereocenters. The van der Waals surface area contributed by atoms with Gasteiger partial charge in [0.2, 0.25) is 0 Å². The molecule has 0 aromatic heterocycles. The Morgan fingerprint density at radius 1 is 1.62 bits per heavy atom. The first kappa shape index (κ1) is 13.0. The summed E-state index contributed by atoms with van der Waals surface area (Å²) in [6.45, 7) is 7.44. The van der Waals surface area contributed by atoms with Crippen LogP contribution in [0.25, 0.3) is 0 Å². The molecular weight excluding hydrogens is 208 g/mol. The molecule has 1 fully saturated rings. The zero-order valence-electron chi connectivity index (χ0n) is 10.4. The monoisotopic (exact) mass is 228 g/mol. The lowest BCUT2D eigenvalue weighted by Gasteiger charge is -2.28. The molecule has 0 bridgehead atoms. The van der Waals surface area contributed by atoms with Crippen LogP contribution in [0.3, 0.4) is 0 Å². The quantitative estimate of drug-likeness (QED) is 0.691. The summed E-state index contributed by atoms with van der Waals surface area (Å²) in [5.74, 6) is -0.668. The van der Waals surface area contributed by atoms with Crippen molar-refractivity contribution >= 4 is 11.9 Å². The van der Waals surface area contributed by atoms with Crippen molar-refractivity contribution in [2.45, 2.75) is 58.7 Å². The fourth-order valence-corrected chi connectivity index (χ4v) is 1.84. The second-order valence-electron chi connectivity index (χ2n) is 4.61. The Morgan fingerprint density at radius 2 is 2.25 bits per heavy atom. The first-order valence-electron chi connectivity index (χ1n) is 5.85. The second-order valence-corrected chi connectivity index (χ2v) is 4.61. The number of cyclic esters (lactones) is 1. The summed E-state index contributed by atoms with van der Waals surface area (Å²) in [6.07, 6.45) is 1.25. The Bertz CT molecular complexity index is 287. The minimum Gasteiger partial charge on any atom is -0.458 e. The zero-order chi connectivity index (χ0) is 12.3. The largest absolute Gasteiger partial charge is 0.458 e. The Balaban J connectivity index is 2.70. The van der Waals surface area contributed by atoms with Crippen molar-refractivity contribution in [2.75, 3.05) is 0 Å². The first-order chi connectivity index (χ1) is 7.42. The molecule has 1 aliphatic rings. The first-order valence-corrected chi connectivity index (χ1v) is 5.85. The van der Waals surface area contributed by atoms with Gasteiger partial charge in [0.15, 0.2) is 5.60 Å². The van der Waals surface area contributed by atoms with Gasteiger partial charge < -0.3 is 9.47 Å². The SMILES string of the molecule is CCC(C)C(=O)OC1(C)CC(=O)OC1CC. The molecule has 0 saturated carbocycles. The van der Waals surface area contributed by atoms with Gasteiger partial charge in [-0.3, -0.25) is 9.59 Å². The minimum absolute atomic E-state index is 0.134. The van der Waals surface area contributed by atoms with Crippen LogP contribution in [0.15, 0.2) is 0 Å². The van der Waals surface area contributed by atoms with E-state index in [1.54, 1.807) is 6.92 Å². The van der Waals surface area contributed by atoms with Crippen molar-refractivity contribution in [1.29, 1.82) is 0 Å². The van der Waals surface area contributed by atoms with E-state index in [1.807, 2.05) is 20.8 Å². The number of hydrogen-bond acceptors (Lipinski definition) is 4. The highest BCUT2D eigenvalue weighted by atomic mass is 16.6. The summed E-state index contributed by atoms with van der Waals surface area (Å²) < 4.78 is 10.6. The van der Waals surface area contributed by atoms with E-state index in [2.05, 4.69) is 0 Å². The van der Waals surface area contributed by atoms with Gasteiger partial charge in [0.1, 0.15) is 6.10 Å². The number of rotatable bonds is 4. The fourth-order valence-electron chi connectivity index (χ4n) is 1.84. The predicted molar refractivity (Wildman–Crippen MR) is 58.7 cm³/mol. The predicted octanol–water partition coefficient (Wildman–Crippen LogP) is 2.06. The van der Waals surface area contributed by atoms with E-state index < -0.39 is 5.60 Å². The van der Waals surface area contributed by atoms with Crippen LogP contribution in [0.5, 0.6) is 0 Å². The minimum atomic E-state index is -0.785. The fraction of sp³-hybridized carbons (Fsp3) is 0.833. The van der Waals surface area contributed by atoms with Crippen LogP contribution < -0.4 is 0 Å². The topological polar surface area (TPSA) is 52.6 Å². The van der Waals surface area contributed by atoms with Crippen LogP contribution >= 0.6 is 0 Å². The Hall–Kier alpha value is -1.06. The lowest BCUT2D eigenvalue weighted by Crippen LogP contribution is -2.40. The highest BCUT2D eigenvalue weighted by molar-refractivity contribution is 5.77. The maximum atomic E-state index is 11.7. The van der Waals surface area contributed by atoms with Crippen molar-refractivity contribution in [1.82, 2.24) is 0 Å². The molecule has 1 saturated heterocycles. The van der Waals surface area contributed by atoms with Crippen molar-refractivity contribution in [3.8, 4) is 0 Å². The third-order valence-electron chi connectivity index (χ3n) is 3.17. The van der Waals surface area contributed by atoms with Crippen LogP contribution in [0.4, 0.5) is 0 Å². The van der Waals surface area contributed by atoms with Gasteiger partial charge in [-0.1, -0.05) is 20.8 Å². The molecule has 1 aliphatic heterocycles. The van der Waals surface area contributed by atoms with Crippen LogP contribution in [0.2, 0.25) is 0 Å². The zero-order valence-corrected chi connectivity index (χ0v) is 10.4. The van der Waals surface area contributed by atoms with Gasteiger partial charge in [-0.2, -0.15) is 0 Å². The lowest BCUT2D eigenvalue weighted by molar-refractivity contribution is -0.168. The van der Waals surface area contributed by atoms with Crippen molar-refractivity contribution in [2.24, 2.45) is 5.92 Å². The van der Waals surface area contributed by atoms with E-state index in [0.717, 1.165) is 6.42 Å². The molecule has 3 atom stereocenters. The molecule has 0 aromatic rings. The molecule has 16 heavy (non-hydrogen) atoms. The van der Waals surface area contributed by atoms with E-state index in [9.17, 15) is 9.59 Å². The van der Waals surface area contributed by atoms with Gasteiger partial charge >= 0.3 is 11.9 Å². The molecule has 0 aliphatic carbocycles. The molecule has 4 nitrogen and oxygen atoms in total. The Kier molecular flexibility index (Phi) is 3.94. The highest BCUT2D eigenvalue weighted by Gasteiger charge is 2.48. The molecular formula is C12H20O4. The van der Waals surface area contributed by atoms with Gasteiger partial charge in [0.25, 0.3) is 0 Å². The van der Waals surface area contributed by atoms with E-state index in [-0.39, 0.29) is 30.4 Å². The Morgan fingerprint density at radius 3 is 2.75 bits per heavy atom. The number of carbonyl (C=O) groups is 2. The van der Waals surface area contributed by atoms with E-state index >= 15 is 0 Å². The van der Waals surface area contributed by atoms with Gasteiger partial charge in [-0.05, 0) is 19.8 Å². The summed E-state index contributed by atoms with van der Waals surface area (Å²) in [5.41, 5.74) is -0.785. The standard InChI is InChI=1S/C12H20O4/c1-5-8(3)11(14)16-12(4)7-10(13)15-9(12)6-2/h8-9H,5-7H2,1-4H3. The molecule has 0 radical (unpaired) electrons. The van der Waals surface area contributed by atoms with E-state index in [0.29, 0.717) is 6.42 Å². The third-order valence-corrected chi connectivity index (χ3v) is 3.17. The Labute approximate surface area is 96.3 Å². The van der Waals surface area contributed by atoms with Gasteiger partial charge in [0.05, 0.1) is 12.3 Å². The van der Waals surface area contributed by atoms with Crippen LogP contribution in [0, 0.1) is 5.92 Å². The maximum absolute atomic E-state index is 11.7. The molecule has 92 valence electrons. The van der Waals surface area contributed by atoms with Gasteiger partial charge in [-0.15, -0.1) is 0 Å². The molecule has 1 heterocycles. The number of hydrogen-bond donors (Lipinski definition) is 0. The van der Waals surface area contributed by atoms with Crippen LogP contribution in [-0.4, -0.2) is 23.6 Å². The van der Waals surface area contributed by atoms with Crippen molar-refractivity contribution < 1.29 is 19.1 Å². The molecule has 1 rings (SSSR count). The molecule has 0 spiro atoms. The summed E-state index contributed by atoms with van der Waals surface area (Å²) in [7, 11) is 0. The van der Waals surface area contributed by atoms with E-state index in [4.69, 9.17) is 9.47 Å². The lowest BCUT2D eigenvalue weighted by atomic mass is 9.95. The van der Waals surface area contributed by atoms with Crippen molar-refractivity contribution in [3.63, 3.8) is 0 Å². The van der Waals surface area contributed by atoms with Gasteiger partial charge in [0, 0.05) is 0 Å². The van der Waals surface area contributed by atoms with Crippen LogP contribution in [-0.2, 0) is 19.1 Å². The van der Waals surface area contributed by atoms with Crippen molar-refractivity contribution in [3.05, 3.63) is 0 Å². The molecule has 0 N–H and O–H groups in total. The number of carbonyl (C=O) groups excluding carboxylic acids is 2. The summed E-state index contributed by atoms with van der Waals surface area (Å²) in [4.78, 5) is 22.9. The highest BCUT2D eigenvalue weighted by Crippen LogP contribution is 2.33. The molecule has 0 aromatic carbocycles. The molecule has 4 heteroatoms. The summed E-state index contributed by atoms with van der Waals surface area (Å²) >= 11 is 0. The summed E-state index contributed by atoms with van der Waals surface area (Å²) in [5, 5.41) is 0. The van der Waals surface area contributed by atoms with Gasteiger partial charge in [-0.25, -0.2) is 0 Å². The third kappa shape index (κ3) is 2.54. The maximum Gasteiger partial charge on any atom is 0.310 e. The number of esters is 2. The smallest absolute Gasteiger partial charge is 0.310 e. The second kappa shape index (κ2) is 4.85. The average Bonchev–Trinajstić information content (AvgIpc) is 2.51. The summed E-state index contributed by atoms with van der Waals surface area (Å²) in [6, 6.07) is 0. The normalized spacial score (nSPS) is 31.0. The molecule has 0 amide bonds. The van der Waals surface area contributed by atoms with E-state index in [1.165, 1.54) is 0 Å². The van der Waals surface area contributed by atoms with Crippen LogP contribution in [0.1, 0.15) is 47.0 Å². The average molecular weight is 228 g/mol. The number of ether oxygens (including phenoxy) is 2.